The lowest BCUT2D eigenvalue weighted by Gasteiger charge is -2.13. The minimum absolute atomic E-state index is 0. The fourth-order valence-corrected chi connectivity index (χ4v) is 2.49. The van der Waals surface area contributed by atoms with Crippen molar-refractivity contribution < 1.29 is 9.84 Å². The summed E-state index contributed by atoms with van der Waals surface area (Å²) in [5, 5.41) is 17.2. The van der Waals surface area contributed by atoms with Crippen molar-refractivity contribution in [1.29, 1.82) is 0 Å². The van der Waals surface area contributed by atoms with E-state index in [0.29, 0.717) is 25.0 Å². The molecule has 0 radical (unpaired) electrons. The first-order valence-electron chi connectivity index (χ1n) is 8.70. The van der Waals surface area contributed by atoms with Gasteiger partial charge in [-0.25, -0.2) is 0 Å². The zero-order valence-electron chi connectivity index (χ0n) is 14.7. The fourth-order valence-electron chi connectivity index (χ4n) is 2.26. The number of aliphatic hydroxyl groups is 1. The van der Waals surface area contributed by atoms with Crippen LogP contribution < -0.4 is 10.6 Å². The van der Waals surface area contributed by atoms with E-state index in [1.807, 2.05) is 31.2 Å². The van der Waals surface area contributed by atoms with Gasteiger partial charge in [0.05, 0.1) is 19.3 Å². The van der Waals surface area contributed by atoms with Crippen LogP contribution in [0.25, 0.3) is 0 Å². The molecular weight excluding hydrogens is 453 g/mol. The minimum atomic E-state index is -0.567. The number of nitrogens with zero attached hydrogens (tertiary/aromatic N) is 1. The quantitative estimate of drug-likeness (QED) is 0.273. The monoisotopic (exact) mass is 481 g/mol. The smallest absolute Gasteiger partial charge is 0.191 e. The molecule has 1 unspecified atom stereocenters. The van der Waals surface area contributed by atoms with E-state index < -0.39 is 6.10 Å². The van der Waals surface area contributed by atoms with E-state index in [1.165, 1.54) is 12.8 Å². The highest BCUT2D eigenvalue weighted by Gasteiger charge is 2.21. The number of hydrogen-bond acceptors (Lipinski definition) is 3. The van der Waals surface area contributed by atoms with Gasteiger partial charge >= 0.3 is 0 Å². The Balaban J connectivity index is 0.00000312. The maximum Gasteiger partial charge on any atom is 0.191 e. The summed E-state index contributed by atoms with van der Waals surface area (Å²) in [6.45, 7) is 4.94. The van der Waals surface area contributed by atoms with Crippen LogP contribution in [0.5, 0.6) is 0 Å². The molecule has 0 spiro atoms. The predicted octanol–water partition coefficient (Wildman–Crippen LogP) is 2.84. The van der Waals surface area contributed by atoms with E-state index in [-0.39, 0.29) is 24.0 Å². The maximum absolute atomic E-state index is 9.93. The number of ether oxygens (including phenoxy) is 1. The molecule has 2 rings (SSSR count). The second-order valence-electron chi connectivity index (χ2n) is 6.12. The molecule has 0 aliphatic heterocycles. The Morgan fingerprint density at radius 1 is 1.36 bits per heavy atom. The van der Waals surface area contributed by atoms with Crippen molar-refractivity contribution in [2.75, 3.05) is 32.8 Å². The van der Waals surface area contributed by atoms with Crippen LogP contribution in [0.15, 0.2) is 29.3 Å². The molecule has 25 heavy (non-hydrogen) atoms. The standard InChI is InChI=1S/C18H28ClN3O2.HI/c1-2-20-18(21-10-9-15-5-3-4-6-17(15)19)22-11-16(23)13-24-12-14-7-8-14;/h3-6,14,16,23H,2,7-13H2,1H3,(H2,20,21,22);1H. The number of benzene rings is 1. The fraction of sp³-hybridized carbons (Fsp3) is 0.611. The van der Waals surface area contributed by atoms with Gasteiger partial charge in [0, 0.05) is 24.7 Å². The van der Waals surface area contributed by atoms with Gasteiger partial charge in [0.1, 0.15) is 0 Å². The Kier molecular flexibility index (Phi) is 11.4. The van der Waals surface area contributed by atoms with Gasteiger partial charge in [-0.1, -0.05) is 29.8 Å². The molecule has 1 aliphatic carbocycles. The number of guanidine groups is 1. The molecular formula is C18H29ClIN3O2. The number of rotatable bonds is 10. The Hall–Kier alpha value is -0.570. The number of hydrogen-bond donors (Lipinski definition) is 3. The number of nitrogens with one attached hydrogen (secondary N) is 2. The van der Waals surface area contributed by atoms with Crippen molar-refractivity contribution in [2.24, 2.45) is 10.9 Å². The summed E-state index contributed by atoms with van der Waals surface area (Å²) in [5.74, 6) is 1.41. The van der Waals surface area contributed by atoms with Crippen LogP contribution in [0.2, 0.25) is 5.02 Å². The summed E-state index contributed by atoms with van der Waals surface area (Å²) < 4.78 is 5.49. The van der Waals surface area contributed by atoms with Crippen molar-refractivity contribution in [3.8, 4) is 0 Å². The number of aliphatic hydroxyl groups excluding tert-OH is 1. The normalized spacial score (nSPS) is 15.4. The summed E-state index contributed by atoms with van der Waals surface area (Å²) >= 11 is 6.16. The van der Waals surface area contributed by atoms with Crippen LogP contribution >= 0.6 is 35.6 Å². The highest BCUT2D eigenvalue weighted by molar-refractivity contribution is 14.0. The second-order valence-corrected chi connectivity index (χ2v) is 6.53. The van der Waals surface area contributed by atoms with E-state index in [9.17, 15) is 5.11 Å². The molecule has 0 aromatic heterocycles. The predicted molar refractivity (Wildman–Crippen MR) is 114 cm³/mol. The van der Waals surface area contributed by atoms with E-state index in [2.05, 4.69) is 15.6 Å². The molecule has 1 aromatic rings. The van der Waals surface area contributed by atoms with Crippen LogP contribution in [0.4, 0.5) is 0 Å². The second kappa shape index (κ2) is 12.7. The molecule has 0 bridgehead atoms. The van der Waals surface area contributed by atoms with Gasteiger partial charge in [-0.2, -0.15) is 0 Å². The zero-order chi connectivity index (χ0) is 17.2. The van der Waals surface area contributed by atoms with Crippen LogP contribution in [-0.4, -0.2) is 50.0 Å². The average molecular weight is 482 g/mol. The van der Waals surface area contributed by atoms with Gasteiger partial charge in [0.15, 0.2) is 5.96 Å². The highest BCUT2D eigenvalue weighted by atomic mass is 127. The number of halogens is 2. The van der Waals surface area contributed by atoms with Gasteiger partial charge in [0.25, 0.3) is 0 Å². The van der Waals surface area contributed by atoms with Gasteiger partial charge in [-0.15, -0.1) is 24.0 Å². The lowest BCUT2D eigenvalue weighted by molar-refractivity contribution is 0.0368. The topological polar surface area (TPSA) is 65.9 Å². The first-order valence-corrected chi connectivity index (χ1v) is 9.08. The van der Waals surface area contributed by atoms with E-state index in [4.69, 9.17) is 16.3 Å². The Bertz CT molecular complexity index is 527. The molecule has 1 atom stereocenters. The van der Waals surface area contributed by atoms with Gasteiger partial charge in [0.2, 0.25) is 0 Å². The molecule has 1 saturated carbocycles. The molecule has 7 heteroatoms. The SMILES string of the molecule is CCNC(=NCC(O)COCC1CC1)NCCc1ccccc1Cl.I. The van der Waals surface area contributed by atoms with E-state index in [0.717, 1.165) is 36.7 Å². The van der Waals surface area contributed by atoms with Crippen molar-refractivity contribution in [3.63, 3.8) is 0 Å². The molecule has 0 heterocycles. The van der Waals surface area contributed by atoms with E-state index >= 15 is 0 Å². The molecule has 1 aliphatic rings. The van der Waals surface area contributed by atoms with Gasteiger partial charge in [-0.05, 0) is 43.7 Å². The third kappa shape index (κ3) is 9.63. The van der Waals surface area contributed by atoms with Crippen LogP contribution in [-0.2, 0) is 11.2 Å². The Morgan fingerprint density at radius 2 is 2.12 bits per heavy atom. The number of aliphatic imine (C=N–C) groups is 1. The summed E-state index contributed by atoms with van der Waals surface area (Å²) in [7, 11) is 0. The van der Waals surface area contributed by atoms with Crippen LogP contribution in [0.1, 0.15) is 25.3 Å². The van der Waals surface area contributed by atoms with Crippen molar-refractivity contribution in [1.82, 2.24) is 10.6 Å². The lowest BCUT2D eigenvalue weighted by Crippen LogP contribution is -2.39. The summed E-state index contributed by atoms with van der Waals surface area (Å²) in [6.07, 6.45) is 2.77. The van der Waals surface area contributed by atoms with E-state index in [1.54, 1.807) is 0 Å². The third-order valence-corrected chi connectivity index (χ3v) is 4.18. The molecule has 0 saturated heterocycles. The first kappa shape index (κ1) is 22.5. The van der Waals surface area contributed by atoms with Crippen LogP contribution in [0.3, 0.4) is 0 Å². The molecule has 142 valence electrons. The molecule has 1 fully saturated rings. The first-order chi connectivity index (χ1) is 11.7. The zero-order valence-corrected chi connectivity index (χ0v) is 17.8. The van der Waals surface area contributed by atoms with Crippen molar-refractivity contribution in [3.05, 3.63) is 34.9 Å². The van der Waals surface area contributed by atoms with Gasteiger partial charge < -0.3 is 20.5 Å². The molecule has 1 aromatic carbocycles. The molecule has 0 amide bonds. The van der Waals surface area contributed by atoms with Gasteiger partial charge in [-0.3, -0.25) is 4.99 Å². The maximum atomic E-state index is 9.93. The molecule has 5 nitrogen and oxygen atoms in total. The molecule has 3 N–H and O–H groups in total. The third-order valence-electron chi connectivity index (χ3n) is 3.81. The average Bonchev–Trinajstić information content (AvgIpc) is 3.38. The lowest BCUT2D eigenvalue weighted by atomic mass is 10.1. The summed E-state index contributed by atoms with van der Waals surface area (Å²) in [5.41, 5.74) is 1.11. The highest BCUT2D eigenvalue weighted by Crippen LogP contribution is 2.28. The largest absolute Gasteiger partial charge is 0.389 e. The summed E-state index contributed by atoms with van der Waals surface area (Å²) in [4.78, 5) is 4.41. The summed E-state index contributed by atoms with van der Waals surface area (Å²) in [6, 6.07) is 7.83. The van der Waals surface area contributed by atoms with Crippen LogP contribution in [0, 0.1) is 5.92 Å². The Morgan fingerprint density at radius 3 is 2.80 bits per heavy atom. The van der Waals surface area contributed by atoms with Crippen molar-refractivity contribution in [2.45, 2.75) is 32.3 Å². The van der Waals surface area contributed by atoms with Crippen molar-refractivity contribution >= 4 is 41.5 Å². The minimum Gasteiger partial charge on any atom is -0.389 e. The Labute approximate surface area is 172 Å².